The van der Waals surface area contributed by atoms with Crippen LogP contribution < -0.4 is 5.32 Å². The maximum Gasteiger partial charge on any atom is 0.261 e. The van der Waals surface area contributed by atoms with Gasteiger partial charge in [0.05, 0.1) is 0 Å². The van der Waals surface area contributed by atoms with E-state index in [4.69, 9.17) is 0 Å². The van der Waals surface area contributed by atoms with Gasteiger partial charge in [-0.2, -0.15) is 0 Å². The van der Waals surface area contributed by atoms with Crippen LogP contribution in [0, 0.1) is 6.92 Å². The zero-order chi connectivity index (χ0) is 20.7. The number of para-hydroxylation sites is 1. The molecule has 146 valence electrons. The summed E-state index contributed by atoms with van der Waals surface area (Å²) in [5, 5.41) is 4.41. The lowest BCUT2D eigenvalue weighted by Gasteiger charge is -2.27. The molecule has 0 unspecified atom stereocenters. The molecule has 0 aliphatic carbocycles. The van der Waals surface area contributed by atoms with Crippen LogP contribution in [0.25, 0.3) is 10.8 Å². The Morgan fingerprint density at radius 1 is 0.931 bits per heavy atom. The van der Waals surface area contributed by atoms with E-state index in [0.717, 1.165) is 27.1 Å². The van der Waals surface area contributed by atoms with Crippen molar-refractivity contribution in [1.29, 1.82) is 0 Å². The van der Waals surface area contributed by atoms with Gasteiger partial charge in [0.2, 0.25) is 5.91 Å². The molecule has 0 aromatic heterocycles. The van der Waals surface area contributed by atoms with E-state index in [1.165, 1.54) is 0 Å². The highest BCUT2D eigenvalue weighted by molar-refractivity contribution is 6.26. The summed E-state index contributed by atoms with van der Waals surface area (Å²) < 4.78 is 0. The highest BCUT2D eigenvalue weighted by Crippen LogP contribution is 2.30. The van der Waals surface area contributed by atoms with Crippen molar-refractivity contribution in [3.63, 3.8) is 0 Å². The van der Waals surface area contributed by atoms with Crippen molar-refractivity contribution >= 4 is 34.2 Å². The molecule has 1 aliphatic heterocycles. The van der Waals surface area contributed by atoms with Gasteiger partial charge in [0.1, 0.15) is 6.54 Å². The van der Waals surface area contributed by atoms with E-state index >= 15 is 0 Å². The van der Waals surface area contributed by atoms with Crippen LogP contribution in [0.2, 0.25) is 0 Å². The number of nitrogens with one attached hydrogen (secondary N) is 1. The van der Waals surface area contributed by atoms with Crippen molar-refractivity contribution in [2.24, 2.45) is 0 Å². The Hall–Kier alpha value is -3.47. The minimum Gasteiger partial charge on any atom is -0.324 e. The number of hydrogen-bond acceptors (Lipinski definition) is 3. The van der Waals surface area contributed by atoms with E-state index < -0.39 is 17.7 Å². The van der Waals surface area contributed by atoms with Crippen molar-refractivity contribution in [1.82, 2.24) is 4.90 Å². The van der Waals surface area contributed by atoms with Gasteiger partial charge in [0.15, 0.2) is 0 Å². The first-order chi connectivity index (χ1) is 13.9. The number of carbonyl (C=O) groups excluding carboxylic acids is 3. The molecule has 4 rings (SSSR count). The number of anilines is 1. The molecule has 3 aromatic carbocycles. The molecule has 5 heteroatoms. The van der Waals surface area contributed by atoms with Gasteiger partial charge in [0.25, 0.3) is 11.8 Å². The Kier molecular flexibility index (Phi) is 4.66. The summed E-state index contributed by atoms with van der Waals surface area (Å²) in [4.78, 5) is 39.8. The molecule has 0 saturated carbocycles. The van der Waals surface area contributed by atoms with E-state index in [2.05, 4.69) is 19.2 Å². The molecule has 0 fully saturated rings. The van der Waals surface area contributed by atoms with Crippen molar-refractivity contribution in [2.75, 3.05) is 11.9 Å². The van der Waals surface area contributed by atoms with E-state index in [-0.39, 0.29) is 12.5 Å². The Labute approximate surface area is 169 Å². The molecule has 0 spiro atoms. The molecule has 0 saturated heterocycles. The summed E-state index contributed by atoms with van der Waals surface area (Å²) in [5.74, 6) is -1.05. The van der Waals surface area contributed by atoms with Crippen molar-refractivity contribution in [2.45, 2.75) is 26.7 Å². The predicted octanol–water partition coefficient (Wildman–Crippen LogP) is 4.51. The molecule has 1 aliphatic rings. The first-order valence-corrected chi connectivity index (χ1v) is 9.65. The maximum atomic E-state index is 13.0. The molecule has 0 atom stereocenters. The second-order valence-electron chi connectivity index (χ2n) is 7.65. The highest BCUT2D eigenvalue weighted by Gasteiger charge is 2.34. The van der Waals surface area contributed by atoms with Crippen molar-refractivity contribution in [3.05, 3.63) is 76.9 Å². The average molecular weight is 386 g/mol. The maximum absolute atomic E-state index is 13.0. The van der Waals surface area contributed by atoms with E-state index in [9.17, 15) is 14.4 Å². The smallest absolute Gasteiger partial charge is 0.261 e. The fourth-order valence-corrected chi connectivity index (χ4v) is 3.89. The lowest BCUT2D eigenvalue weighted by molar-refractivity contribution is -0.116. The third-order valence-corrected chi connectivity index (χ3v) is 5.35. The minimum absolute atomic E-state index is 0.230. The van der Waals surface area contributed by atoms with Gasteiger partial charge in [-0.3, -0.25) is 19.3 Å². The average Bonchev–Trinajstić information content (AvgIpc) is 2.70. The molecule has 3 amide bonds. The Balaban J connectivity index is 1.64. The van der Waals surface area contributed by atoms with Crippen molar-refractivity contribution in [3.8, 4) is 0 Å². The number of nitrogens with zero attached hydrogens (tertiary/aromatic N) is 1. The van der Waals surface area contributed by atoms with Crippen molar-refractivity contribution < 1.29 is 14.4 Å². The third kappa shape index (κ3) is 3.18. The number of carbonyl (C=O) groups is 3. The summed E-state index contributed by atoms with van der Waals surface area (Å²) in [7, 11) is 0. The zero-order valence-corrected chi connectivity index (χ0v) is 16.7. The highest BCUT2D eigenvalue weighted by atomic mass is 16.2. The van der Waals surface area contributed by atoms with Gasteiger partial charge < -0.3 is 5.32 Å². The standard InChI is InChI=1S/C24H22N2O3/c1-14(2)17-10-4-7-15(3)22(17)25-20(27)13-26-23(28)18-11-5-8-16-9-6-12-19(21(16)18)24(26)29/h4-12,14H,13H2,1-3H3,(H,25,27). The third-order valence-electron chi connectivity index (χ3n) is 5.35. The lowest BCUT2D eigenvalue weighted by atomic mass is 9.94. The topological polar surface area (TPSA) is 66.5 Å². The molecular formula is C24H22N2O3. The van der Waals surface area contributed by atoms with E-state index in [1.807, 2.05) is 37.3 Å². The van der Waals surface area contributed by atoms with Crippen LogP contribution in [0.15, 0.2) is 54.6 Å². The first-order valence-electron chi connectivity index (χ1n) is 9.65. The van der Waals surface area contributed by atoms with E-state index in [1.54, 1.807) is 24.3 Å². The van der Waals surface area contributed by atoms with Gasteiger partial charge in [-0.15, -0.1) is 0 Å². The van der Waals surface area contributed by atoms with Crippen LogP contribution in [-0.4, -0.2) is 29.2 Å². The number of imide groups is 1. The Bertz CT molecular complexity index is 1110. The first kappa shape index (κ1) is 18.9. The SMILES string of the molecule is Cc1cccc(C(C)C)c1NC(=O)CN1C(=O)c2cccc3cccc(c23)C1=O. The zero-order valence-electron chi connectivity index (χ0n) is 16.7. The minimum atomic E-state index is -0.441. The van der Waals surface area contributed by atoms with E-state index in [0.29, 0.717) is 16.5 Å². The lowest BCUT2D eigenvalue weighted by Crippen LogP contribution is -2.44. The second-order valence-corrected chi connectivity index (χ2v) is 7.65. The number of benzene rings is 3. The molecule has 3 aromatic rings. The predicted molar refractivity (Wildman–Crippen MR) is 113 cm³/mol. The molecule has 1 N–H and O–H groups in total. The molecular weight excluding hydrogens is 364 g/mol. The van der Waals surface area contributed by atoms with Gasteiger partial charge in [-0.1, -0.05) is 56.3 Å². The van der Waals surface area contributed by atoms with Gasteiger partial charge >= 0.3 is 0 Å². The number of amides is 3. The van der Waals surface area contributed by atoms with Gasteiger partial charge in [-0.25, -0.2) is 0 Å². The van der Waals surface area contributed by atoms with Crippen LogP contribution in [0.5, 0.6) is 0 Å². The fraction of sp³-hybridized carbons (Fsp3) is 0.208. The summed E-state index contributed by atoms with van der Waals surface area (Å²) in [6.07, 6.45) is 0. The van der Waals surface area contributed by atoms with Gasteiger partial charge in [-0.05, 0) is 41.5 Å². The molecule has 0 radical (unpaired) electrons. The molecule has 0 bridgehead atoms. The van der Waals surface area contributed by atoms with Crippen LogP contribution in [0.4, 0.5) is 5.69 Å². The van der Waals surface area contributed by atoms with Gasteiger partial charge in [0, 0.05) is 22.2 Å². The second kappa shape index (κ2) is 7.17. The number of aryl methyl sites for hydroxylation is 1. The molecule has 29 heavy (non-hydrogen) atoms. The van der Waals surface area contributed by atoms with Crippen LogP contribution in [0.3, 0.4) is 0 Å². The number of hydrogen-bond donors (Lipinski definition) is 1. The van der Waals surface area contributed by atoms with Crippen LogP contribution in [-0.2, 0) is 4.79 Å². The molecule has 1 heterocycles. The normalized spacial score (nSPS) is 13.3. The Morgan fingerprint density at radius 3 is 2.10 bits per heavy atom. The fourth-order valence-electron chi connectivity index (χ4n) is 3.89. The number of rotatable bonds is 4. The monoisotopic (exact) mass is 386 g/mol. The summed E-state index contributed by atoms with van der Waals surface area (Å²) >= 11 is 0. The summed E-state index contributed by atoms with van der Waals surface area (Å²) in [6.45, 7) is 5.71. The largest absolute Gasteiger partial charge is 0.324 e. The Morgan fingerprint density at radius 2 is 1.52 bits per heavy atom. The quantitative estimate of drug-likeness (QED) is 0.671. The van der Waals surface area contributed by atoms with Crippen LogP contribution >= 0.6 is 0 Å². The summed E-state index contributed by atoms with van der Waals surface area (Å²) in [6, 6.07) is 16.6. The summed E-state index contributed by atoms with van der Waals surface area (Å²) in [5.41, 5.74) is 3.60. The molecule has 5 nitrogen and oxygen atoms in total. The van der Waals surface area contributed by atoms with Crippen LogP contribution in [0.1, 0.15) is 51.6 Å².